The molecule has 0 radical (unpaired) electrons. The third-order valence-electron chi connectivity index (χ3n) is 2.63. The van der Waals surface area contributed by atoms with Gasteiger partial charge in [-0.2, -0.15) is 0 Å². The topological polar surface area (TPSA) is 49.8 Å². The fraction of sp³-hybridized carbons (Fsp3) is 0.500. The van der Waals surface area contributed by atoms with Crippen LogP contribution < -0.4 is 4.74 Å². The van der Waals surface area contributed by atoms with Gasteiger partial charge >= 0.3 is 0 Å². The number of aliphatic hydroxyl groups excluding tert-OH is 1. The molecule has 0 aliphatic heterocycles. The number of rotatable bonds is 7. The zero-order chi connectivity index (χ0) is 13.4. The fourth-order valence-electron chi connectivity index (χ4n) is 1.52. The van der Waals surface area contributed by atoms with E-state index in [0.717, 1.165) is 17.7 Å². The highest BCUT2D eigenvalue weighted by Gasteiger charge is 2.03. The molecule has 0 atom stereocenters. The number of nitrogens with zero attached hydrogens (tertiary/aromatic N) is 1. The molecule has 0 aromatic heterocycles. The van der Waals surface area contributed by atoms with E-state index in [1.165, 1.54) is 0 Å². The average molecular weight is 251 g/mol. The van der Waals surface area contributed by atoms with Crippen LogP contribution in [0.3, 0.4) is 0 Å². The summed E-state index contributed by atoms with van der Waals surface area (Å²) >= 11 is 0. The first-order valence-electron chi connectivity index (χ1n) is 6.16. The summed E-state index contributed by atoms with van der Waals surface area (Å²) in [5, 5.41) is 8.79. The zero-order valence-corrected chi connectivity index (χ0v) is 11.1. The Morgan fingerprint density at radius 1 is 1.28 bits per heavy atom. The van der Waals surface area contributed by atoms with Crippen molar-refractivity contribution in [1.82, 2.24) is 4.90 Å². The van der Waals surface area contributed by atoms with Gasteiger partial charge in [0.25, 0.3) is 0 Å². The van der Waals surface area contributed by atoms with Gasteiger partial charge in [0, 0.05) is 27.1 Å². The van der Waals surface area contributed by atoms with Gasteiger partial charge in [0.15, 0.2) is 0 Å². The number of carbonyl (C=O) groups is 1. The largest absolute Gasteiger partial charge is 0.494 e. The monoisotopic (exact) mass is 251 g/mol. The number of hydrogen-bond acceptors (Lipinski definition) is 3. The van der Waals surface area contributed by atoms with E-state index in [4.69, 9.17) is 9.84 Å². The zero-order valence-electron chi connectivity index (χ0n) is 11.1. The number of hydrogen-bond donors (Lipinski definition) is 1. The van der Waals surface area contributed by atoms with Crippen LogP contribution in [0.1, 0.15) is 18.4 Å². The van der Waals surface area contributed by atoms with E-state index < -0.39 is 0 Å². The Morgan fingerprint density at radius 3 is 2.50 bits per heavy atom. The van der Waals surface area contributed by atoms with E-state index in [2.05, 4.69) is 0 Å². The molecule has 0 bridgehead atoms. The second-order valence-corrected chi connectivity index (χ2v) is 4.36. The summed E-state index contributed by atoms with van der Waals surface area (Å²) in [7, 11) is 3.51. The minimum atomic E-state index is 0.122. The van der Waals surface area contributed by atoms with E-state index in [9.17, 15) is 4.79 Å². The molecule has 0 aliphatic carbocycles. The molecular weight excluding hydrogens is 230 g/mol. The van der Waals surface area contributed by atoms with Gasteiger partial charge < -0.3 is 14.7 Å². The van der Waals surface area contributed by atoms with Crippen LogP contribution in [0.2, 0.25) is 0 Å². The summed E-state index contributed by atoms with van der Waals surface area (Å²) in [6, 6.07) is 7.66. The van der Waals surface area contributed by atoms with Crippen molar-refractivity contribution in [3.63, 3.8) is 0 Å². The number of aliphatic hydroxyl groups is 1. The highest BCUT2D eigenvalue weighted by atomic mass is 16.5. The molecule has 100 valence electrons. The standard InChI is InChI=1S/C14H21NO3/c1-15(2)14(17)4-3-11-18-13-7-5-12(6-8-13)9-10-16/h5-8,16H,3-4,9-11H2,1-2H3. The van der Waals surface area contributed by atoms with Crippen LogP contribution in [0.5, 0.6) is 5.75 Å². The lowest BCUT2D eigenvalue weighted by Crippen LogP contribution is -2.21. The van der Waals surface area contributed by atoms with Crippen LogP contribution in [0.4, 0.5) is 0 Å². The van der Waals surface area contributed by atoms with Gasteiger partial charge in [0.1, 0.15) is 5.75 Å². The van der Waals surface area contributed by atoms with E-state index in [1.807, 2.05) is 24.3 Å². The molecule has 1 aromatic carbocycles. The van der Waals surface area contributed by atoms with Crippen molar-refractivity contribution in [2.45, 2.75) is 19.3 Å². The third-order valence-corrected chi connectivity index (χ3v) is 2.63. The Morgan fingerprint density at radius 2 is 1.94 bits per heavy atom. The van der Waals surface area contributed by atoms with Crippen LogP contribution in [-0.4, -0.2) is 43.2 Å². The summed E-state index contributed by atoms with van der Waals surface area (Å²) in [5.74, 6) is 0.922. The molecular formula is C14H21NO3. The average Bonchev–Trinajstić information content (AvgIpc) is 2.36. The maximum Gasteiger partial charge on any atom is 0.222 e. The SMILES string of the molecule is CN(C)C(=O)CCCOc1ccc(CCO)cc1. The predicted octanol–water partition coefficient (Wildman–Crippen LogP) is 1.47. The van der Waals surface area contributed by atoms with Gasteiger partial charge in [0.2, 0.25) is 5.91 Å². The Bertz CT molecular complexity index is 360. The third kappa shape index (κ3) is 5.19. The van der Waals surface area contributed by atoms with Crippen molar-refractivity contribution < 1.29 is 14.6 Å². The lowest BCUT2D eigenvalue weighted by molar-refractivity contribution is -0.128. The molecule has 4 nitrogen and oxygen atoms in total. The molecule has 18 heavy (non-hydrogen) atoms. The van der Waals surface area contributed by atoms with Gasteiger partial charge in [-0.05, 0) is 30.5 Å². The molecule has 1 amide bonds. The first kappa shape index (κ1) is 14.5. The van der Waals surface area contributed by atoms with E-state index >= 15 is 0 Å². The molecule has 1 aromatic rings. The van der Waals surface area contributed by atoms with Crippen LogP contribution in [0, 0.1) is 0 Å². The predicted molar refractivity (Wildman–Crippen MR) is 70.7 cm³/mol. The molecule has 4 heteroatoms. The van der Waals surface area contributed by atoms with Gasteiger partial charge in [-0.25, -0.2) is 0 Å². The quantitative estimate of drug-likeness (QED) is 0.747. The van der Waals surface area contributed by atoms with Crippen LogP contribution in [-0.2, 0) is 11.2 Å². The van der Waals surface area contributed by atoms with Crippen molar-refractivity contribution >= 4 is 5.91 Å². The lowest BCUT2D eigenvalue weighted by atomic mass is 10.1. The van der Waals surface area contributed by atoms with Gasteiger partial charge in [-0.3, -0.25) is 4.79 Å². The maximum atomic E-state index is 11.3. The highest BCUT2D eigenvalue weighted by molar-refractivity contribution is 5.75. The Labute approximate surface area is 108 Å². The normalized spacial score (nSPS) is 10.2. The van der Waals surface area contributed by atoms with Crippen molar-refractivity contribution in [3.05, 3.63) is 29.8 Å². The van der Waals surface area contributed by atoms with Gasteiger partial charge in [0.05, 0.1) is 6.61 Å². The molecule has 1 N–H and O–H groups in total. The summed E-state index contributed by atoms with van der Waals surface area (Å²) in [6.07, 6.45) is 1.89. The lowest BCUT2D eigenvalue weighted by Gasteiger charge is -2.10. The molecule has 0 unspecified atom stereocenters. The number of amides is 1. The summed E-state index contributed by atoms with van der Waals surface area (Å²) in [6.45, 7) is 0.700. The highest BCUT2D eigenvalue weighted by Crippen LogP contribution is 2.13. The second-order valence-electron chi connectivity index (χ2n) is 4.36. The van der Waals surface area contributed by atoms with Crippen LogP contribution >= 0.6 is 0 Å². The summed E-state index contributed by atoms with van der Waals surface area (Å²) < 4.78 is 5.54. The van der Waals surface area contributed by atoms with E-state index in [-0.39, 0.29) is 12.5 Å². The smallest absolute Gasteiger partial charge is 0.222 e. The minimum absolute atomic E-state index is 0.122. The first-order chi connectivity index (χ1) is 8.63. The van der Waals surface area contributed by atoms with E-state index in [1.54, 1.807) is 19.0 Å². The first-order valence-corrected chi connectivity index (χ1v) is 6.16. The van der Waals surface area contributed by atoms with Gasteiger partial charge in [-0.1, -0.05) is 12.1 Å². The fourth-order valence-corrected chi connectivity index (χ4v) is 1.52. The van der Waals surface area contributed by atoms with Crippen molar-refractivity contribution in [2.24, 2.45) is 0 Å². The van der Waals surface area contributed by atoms with Crippen molar-refractivity contribution in [3.8, 4) is 5.75 Å². The summed E-state index contributed by atoms with van der Waals surface area (Å²) in [5.41, 5.74) is 1.09. The molecule has 0 spiro atoms. The Balaban J connectivity index is 2.25. The van der Waals surface area contributed by atoms with Crippen molar-refractivity contribution in [2.75, 3.05) is 27.3 Å². The Kier molecular flexibility index (Phi) is 6.22. The molecule has 1 rings (SSSR count). The number of carbonyl (C=O) groups excluding carboxylic acids is 1. The van der Waals surface area contributed by atoms with Crippen LogP contribution in [0.25, 0.3) is 0 Å². The molecule has 0 aliphatic rings. The summed E-state index contributed by atoms with van der Waals surface area (Å²) in [4.78, 5) is 12.9. The minimum Gasteiger partial charge on any atom is -0.494 e. The maximum absolute atomic E-state index is 11.3. The second kappa shape index (κ2) is 7.71. The molecule has 0 fully saturated rings. The molecule has 0 saturated heterocycles. The number of ether oxygens (including phenoxy) is 1. The Hall–Kier alpha value is -1.55. The molecule has 0 heterocycles. The number of benzene rings is 1. The van der Waals surface area contributed by atoms with Crippen molar-refractivity contribution in [1.29, 1.82) is 0 Å². The van der Waals surface area contributed by atoms with Gasteiger partial charge in [-0.15, -0.1) is 0 Å². The molecule has 0 saturated carbocycles. The van der Waals surface area contributed by atoms with Crippen LogP contribution in [0.15, 0.2) is 24.3 Å². The van der Waals surface area contributed by atoms with E-state index in [0.29, 0.717) is 19.4 Å².